The van der Waals surface area contributed by atoms with Crippen molar-refractivity contribution in [2.75, 3.05) is 6.54 Å². The van der Waals surface area contributed by atoms with Gasteiger partial charge in [0.15, 0.2) is 0 Å². The fraction of sp³-hybridized carbons (Fsp3) is 0.273. The number of para-hydroxylation sites is 2. The second-order valence-electron chi connectivity index (χ2n) is 15.3. The standard InChI is InChI=1S/C44H44N4O2/c1-28-12-10-14-30(20-28)39-22-35(33-16-6-8-18-37(33)47-39)41(49)45-27-44(5)25-32(24-43(3,4)26-44)46-42(50)36-23-40(31-15-11-13-29(2)21-31)48-38-19-9-7-17-34(36)38/h6-23,32H,24-27H2,1-5H3,(H,45,49)(H,46,50). The van der Waals surface area contributed by atoms with Gasteiger partial charge in [-0.25, -0.2) is 9.97 Å². The Hall–Kier alpha value is -5.36. The topological polar surface area (TPSA) is 84.0 Å². The zero-order valence-electron chi connectivity index (χ0n) is 29.5. The SMILES string of the molecule is Cc1cccc(-c2cc(C(=O)NCC3(C)CC(NC(=O)c4cc(-c5cccc(C)c5)nc5ccccc45)CC(C)(C)C3)c3ccccc3n2)c1. The van der Waals surface area contributed by atoms with Gasteiger partial charge in [-0.2, -0.15) is 0 Å². The molecule has 1 aliphatic carbocycles. The van der Waals surface area contributed by atoms with E-state index in [9.17, 15) is 9.59 Å². The minimum atomic E-state index is -0.232. The number of hydrogen-bond acceptors (Lipinski definition) is 4. The van der Waals surface area contributed by atoms with E-state index in [0.717, 1.165) is 74.7 Å². The van der Waals surface area contributed by atoms with Gasteiger partial charge >= 0.3 is 0 Å². The minimum Gasteiger partial charge on any atom is -0.351 e. The molecule has 0 bridgehead atoms. The van der Waals surface area contributed by atoms with Crippen molar-refractivity contribution in [3.8, 4) is 22.5 Å². The van der Waals surface area contributed by atoms with Crippen LogP contribution in [0, 0.1) is 24.7 Å². The van der Waals surface area contributed by atoms with Crippen molar-refractivity contribution in [3.63, 3.8) is 0 Å². The van der Waals surface area contributed by atoms with Gasteiger partial charge < -0.3 is 10.6 Å². The van der Waals surface area contributed by atoms with Gasteiger partial charge in [0.25, 0.3) is 11.8 Å². The number of aryl methyl sites for hydroxylation is 2. The molecule has 4 aromatic carbocycles. The van der Waals surface area contributed by atoms with E-state index >= 15 is 0 Å². The van der Waals surface area contributed by atoms with Crippen molar-refractivity contribution in [2.45, 2.75) is 59.9 Å². The van der Waals surface area contributed by atoms with Crippen LogP contribution in [0.25, 0.3) is 44.3 Å². The molecule has 2 N–H and O–H groups in total. The molecule has 0 saturated heterocycles. The summed E-state index contributed by atoms with van der Waals surface area (Å²) in [7, 11) is 0. The summed E-state index contributed by atoms with van der Waals surface area (Å²) < 4.78 is 0. The summed E-state index contributed by atoms with van der Waals surface area (Å²) in [4.78, 5) is 37.9. The third-order valence-corrected chi connectivity index (χ3v) is 10.0. The van der Waals surface area contributed by atoms with Crippen molar-refractivity contribution < 1.29 is 9.59 Å². The number of fused-ring (bicyclic) bond motifs is 2. The van der Waals surface area contributed by atoms with Crippen molar-refractivity contribution in [3.05, 3.63) is 131 Å². The smallest absolute Gasteiger partial charge is 0.252 e. The molecule has 7 rings (SSSR count). The van der Waals surface area contributed by atoms with Crippen molar-refractivity contribution in [1.82, 2.24) is 20.6 Å². The summed E-state index contributed by atoms with van der Waals surface area (Å²) in [5.41, 5.74) is 8.37. The van der Waals surface area contributed by atoms with Crippen molar-refractivity contribution in [2.24, 2.45) is 10.8 Å². The highest BCUT2D eigenvalue weighted by atomic mass is 16.2. The zero-order chi connectivity index (χ0) is 35.0. The third-order valence-electron chi connectivity index (χ3n) is 10.0. The lowest BCUT2D eigenvalue weighted by molar-refractivity contribution is 0.0593. The summed E-state index contributed by atoms with van der Waals surface area (Å²) in [5, 5.41) is 8.38. The largest absolute Gasteiger partial charge is 0.351 e. The van der Waals surface area contributed by atoms with Gasteiger partial charge in [0.05, 0.1) is 33.5 Å². The second kappa shape index (κ2) is 13.2. The molecule has 0 aliphatic heterocycles. The maximum atomic E-state index is 14.1. The van der Waals surface area contributed by atoms with E-state index in [1.165, 1.54) is 0 Å². The Kier molecular flexibility index (Phi) is 8.73. The number of nitrogens with one attached hydrogen (secondary N) is 2. The highest BCUT2D eigenvalue weighted by Gasteiger charge is 2.42. The Balaban J connectivity index is 1.13. The molecule has 1 saturated carbocycles. The van der Waals surface area contributed by atoms with Crippen LogP contribution >= 0.6 is 0 Å². The second-order valence-corrected chi connectivity index (χ2v) is 15.3. The monoisotopic (exact) mass is 660 g/mol. The average molecular weight is 661 g/mol. The molecule has 1 aliphatic rings. The van der Waals surface area contributed by atoms with Crippen LogP contribution in [0.5, 0.6) is 0 Å². The highest BCUT2D eigenvalue weighted by molar-refractivity contribution is 6.08. The van der Waals surface area contributed by atoms with E-state index in [1.54, 1.807) is 0 Å². The Morgan fingerprint density at radius 2 is 1.18 bits per heavy atom. The Morgan fingerprint density at radius 1 is 0.660 bits per heavy atom. The predicted octanol–water partition coefficient (Wildman–Crippen LogP) is 9.48. The fourth-order valence-corrected chi connectivity index (χ4v) is 8.15. The molecule has 252 valence electrons. The van der Waals surface area contributed by atoms with E-state index in [0.29, 0.717) is 17.7 Å². The highest BCUT2D eigenvalue weighted by Crippen LogP contribution is 2.46. The van der Waals surface area contributed by atoms with Gasteiger partial charge in [-0.3, -0.25) is 9.59 Å². The van der Waals surface area contributed by atoms with Gasteiger partial charge in [-0.15, -0.1) is 0 Å². The Bertz CT molecular complexity index is 2260. The number of carbonyl (C=O) groups is 2. The lowest BCUT2D eigenvalue weighted by Gasteiger charge is -2.47. The molecule has 6 heteroatoms. The molecule has 6 aromatic rings. The van der Waals surface area contributed by atoms with Crippen LogP contribution in [0.1, 0.15) is 71.9 Å². The van der Waals surface area contributed by atoms with E-state index < -0.39 is 0 Å². The lowest BCUT2D eigenvalue weighted by atomic mass is 9.62. The van der Waals surface area contributed by atoms with Crippen molar-refractivity contribution >= 4 is 33.6 Å². The first-order chi connectivity index (χ1) is 24.0. The predicted molar refractivity (Wildman–Crippen MR) is 203 cm³/mol. The molecular formula is C44H44N4O2. The van der Waals surface area contributed by atoms with Crippen LogP contribution in [0.15, 0.2) is 109 Å². The minimum absolute atomic E-state index is 0.0373. The Labute approximate surface area is 294 Å². The molecule has 50 heavy (non-hydrogen) atoms. The summed E-state index contributed by atoms with van der Waals surface area (Å²) in [5.74, 6) is -0.215. The van der Waals surface area contributed by atoms with Crippen LogP contribution in [0.4, 0.5) is 0 Å². The zero-order valence-corrected chi connectivity index (χ0v) is 29.5. The maximum Gasteiger partial charge on any atom is 0.252 e. The first kappa shape index (κ1) is 33.2. The quantitative estimate of drug-likeness (QED) is 0.179. The molecule has 1 fully saturated rings. The molecule has 2 aromatic heterocycles. The van der Waals surface area contributed by atoms with Crippen LogP contribution < -0.4 is 10.6 Å². The van der Waals surface area contributed by atoms with Gasteiger partial charge in [-0.05, 0) is 80.3 Å². The number of amides is 2. The van der Waals surface area contributed by atoms with Crippen LogP contribution in [0.2, 0.25) is 0 Å². The normalized spacial score (nSPS) is 18.5. The number of aromatic nitrogens is 2. The van der Waals surface area contributed by atoms with Gasteiger partial charge in [-0.1, -0.05) is 105 Å². The summed E-state index contributed by atoms with van der Waals surface area (Å²) in [6.45, 7) is 11.4. The van der Waals surface area contributed by atoms with Crippen LogP contribution in [-0.2, 0) is 0 Å². The number of hydrogen-bond donors (Lipinski definition) is 2. The summed E-state index contributed by atoms with van der Waals surface area (Å²) in [6.07, 6.45) is 2.53. The Morgan fingerprint density at radius 3 is 1.72 bits per heavy atom. The third kappa shape index (κ3) is 7.02. The molecular weight excluding hydrogens is 617 g/mol. The van der Waals surface area contributed by atoms with E-state index in [4.69, 9.17) is 9.97 Å². The first-order valence-corrected chi connectivity index (χ1v) is 17.5. The van der Waals surface area contributed by atoms with Gasteiger partial charge in [0.2, 0.25) is 0 Å². The lowest BCUT2D eigenvalue weighted by Crippen LogP contribution is -2.50. The molecule has 0 radical (unpaired) electrons. The van der Waals surface area contributed by atoms with E-state index in [1.807, 2.05) is 84.9 Å². The molecule has 6 nitrogen and oxygen atoms in total. The maximum absolute atomic E-state index is 14.1. The van der Waals surface area contributed by atoms with E-state index in [-0.39, 0.29) is 28.7 Å². The molecule has 2 atom stereocenters. The average Bonchev–Trinajstić information content (AvgIpc) is 3.08. The summed E-state index contributed by atoms with van der Waals surface area (Å²) >= 11 is 0. The summed E-state index contributed by atoms with van der Waals surface area (Å²) in [6, 6.07) is 35.8. The van der Waals surface area contributed by atoms with Gasteiger partial charge in [0.1, 0.15) is 0 Å². The van der Waals surface area contributed by atoms with E-state index in [2.05, 4.69) is 69.5 Å². The van der Waals surface area contributed by atoms with Crippen LogP contribution in [0.3, 0.4) is 0 Å². The van der Waals surface area contributed by atoms with Gasteiger partial charge in [0, 0.05) is 34.5 Å². The van der Waals surface area contributed by atoms with Crippen molar-refractivity contribution in [1.29, 1.82) is 0 Å². The number of pyridine rings is 2. The molecule has 2 amide bonds. The molecule has 2 heterocycles. The fourth-order valence-electron chi connectivity index (χ4n) is 8.15. The number of rotatable bonds is 7. The molecule has 2 unspecified atom stereocenters. The number of nitrogens with zero attached hydrogens (tertiary/aromatic N) is 2. The number of carbonyl (C=O) groups excluding carboxylic acids is 2. The number of benzene rings is 4. The molecule has 0 spiro atoms. The van der Waals surface area contributed by atoms with Crippen LogP contribution in [-0.4, -0.2) is 34.4 Å². The first-order valence-electron chi connectivity index (χ1n) is 17.5.